The summed E-state index contributed by atoms with van der Waals surface area (Å²) in [6.45, 7) is 2.16. The van der Waals surface area contributed by atoms with Gasteiger partial charge in [-0.1, -0.05) is 43.3 Å². The zero-order valence-electron chi connectivity index (χ0n) is 7.26. The molecule has 12 heavy (non-hydrogen) atoms. The standard InChI is InChI=1S/C11H13Cl/c1-2-10-5-3-6-11(9-10)7-4-8-12/h3-7,9H,2,8H2,1H3. The molecule has 1 rings (SSSR count). The van der Waals surface area contributed by atoms with Gasteiger partial charge >= 0.3 is 0 Å². The second kappa shape index (κ2) is 5.00. The summed E-state index contributed by atoms with van der Waals surface area (Å²) in [5.41, 5.74) is 2.60. The van der Waals surface area contributed by atoms with E-state index >= 15 is 0 Å². The highest BCUT2D eigenvalue weighted by molar-refractivity contribution is 6.19. The van der Waals surface area contributed by atoms with Crippen LogP contribution in [0.25, 0.3) is 6.08 Å². The number of allylic oxidation sites excluding steroid dienone is 1. The van der Waals surface area contributed by atoms with Gasteiger partial charge in [0.05, 0.1) is 0 Å². The minimum absolute atomic E-state index is 0.580. The van der Waals surface area contributed by atoms with E-state index in [-0.39, 0.29) is 0 Å². The highest BCUT2D eigenvalue weighted by Gasteiger charge is 1.88. The summed E-state index contributed by atoms with van der Waals surface area (Å²) >= 11 is 5.54. The second-order valence-corrected chi connectivity index (χ2v) is 2.96. The first-order chi connectivity index (χ1) is 5.86. The molecule has 0 radical (unpaired) electrons. The summed E-state index contributed by atoms with van der Waals surface area (Å²) in [5.74, 6) is 0.580. The van der Waals surface area contributed by atoms with Gasteiger partial charge in [0.2, 0.25) is 0 Å². The van der Waals surface area contributed by atoms with Crippen molar-refractivity contribution in [2.45, 2.75) is 13.3 Å². The maximum Gasteiger partial charge on any atom is 0.0407 e. The summed E-state index contributed by atoms with van der Waals surface area (Å²) < 4.78 is 0. The fourth-order valence-electron chi connectivity index (χ4n) is 1.10. The molecule has 1 aromatic rings. The molecule has 64 valence electrons. The van der Waals surface area contributed by atoms with Crippen LogP contribution in [0.15, 0.2) is 30.3 Å². The first-order valence-corrected chi connectivity index (χ1v) is 4.71. The molecule has 0 aliphatic rings. The van der Waals surface area contributed by atoms with Crippen molar-refractivity contribution in [3.63, 3.8) is 0 Å². The number of halogens is 1. The molecule has 0 saturated carbocycles. The van der Waals surface area contributed by atoms with Gasteiger partial charge in [0.1, 0.15) is 0 Å². The van der Waals surface area contributed by atoms with Gasteiger partial charge in [-0.25, -0.2) is 0 Å². The predicted octanol–water partition coefficient (Wildman–Crippen LogP) is 3.50. The van der Waals surface area contributed by atoms with E-state index in [2.05, 4.69) is 31.2 Å². The molecule has 0 bridgehead atoms. The summed E-state index contributed by atoms with van der Waals surface area (Å²) in [6, 6.07) is 8.48. The minimum atomic E-state index is 0.580. The van der Waals surface area contributed by atoms with Crippen LogP contribution in [0.2, 0.25) is 0 Å². The summed E-state index contributed by atoms with van der Waals surface area (Å²) in [5, 5.41) is 0. The van der Waals surface area contributed by atoms with Crippen molar-refractivity contribution in [3.8, 4) is 0 Å². The van der Waals surface area contributed by atoms with Crippen molar-refractivity contribution >= 4 is 17.7 Å². The molecule has 0 spiro atoms. The van der Waals surface area contributed by atoms with Gasteiger partial charge in [0, 0.05) is 5.88 Å². The molecule has 0 aliphatic carbocycles. The van der Waals surface area contributed by atoms with Gasteiger partial charge in [-0.05, 0) is 17.5 Å². The van der Waals surface area contributed by atoms with Crippen molar-refractivity contribution in [3.05, 3.63) is 41.5 Å². The average Bonchev–Trinajstić information content (AvgIpc) is 2.15. The van der Waals surface area contributed by atoms with Gasteiger partial charge in [-0.3, -0.25) is 0 Å². The van der Waals surface area contributed by atoms with Crippen LogP contribution in [-0.4, -0.2) is 5.88 Å². The van der Waals surface area contributed by atoms with Crippen molar-refractivity contribution < 1.29 is 0 Å². The lowest BCUT2D eigenvalue weighted by Crippen LogP contribution is -1.80. The Morgan fingerprint density at radius 3 is 2.92 bits per heavy atom. The summed E-state index contributed by atoms with van der Waals surface area (Å²) in [6.07, 6.45) is 5.09. The Labute approximate surface area is 78.9 Å². The third-order valence-electron chi connectivity index (χ3n) is 1.76. The van der Waals surface area contributed by atoms with Gasteiger partial charge in [0.15, 0.2) is 0 Å². The van der Waals surface area contributed by atoms with Gasteiger partial charge in [-0.2, -0.15) is 0 Å². The molecule has 0 aromatic heterocycles. The molecule has 1 heteroatoms. The van der Waals surface area contributed by atoms with E-state index in [0.29, 0.717) is 5.88 Å². The maximum absolute atomic E-state index is 5.54. The lowest BCUT2D eigenvalue weighted by atomic mass is 10.1. The first-order valence-electron chi connectivity index (χ1n) is 4.18. The fraction of sp³-hybridized carbons (Fsp3) is 0.273. The van der Waals surface area contributed by atoms with Crippen molar-refractivity contribution in [2.75, 3.05) is 5.88 Å². The van der Waals surface area contributed by atoms with E-state index in [1.54, 1.807) is 0 Å². The van der Waals surface area contributed by atoms with Crippen molar-refractivity contribution in [1.29, 1.82) is 0 Å². The Bertz CT molecular complexity index is 263. The molecular formula is C11H13Cl. The van der Waals surface area contributed by atoms with Crippen LogP contribution in [0.1, 0.15) is 18.1 Å². The van der Waals surface area contributed by atoms with Crippen LogP contribution in [0.4, 0.5) is 0 Å². The van der Waals surface area contributed by atoms with E-state index in [4.69, 9.17) is 11.6 Å². The second-order valence-electron chi connectivity index (χ2n) is 2.66. The van der Waals surface area contributed by atoms with Gasteiger partial charge in [-0.15, -0.1) is 11.6 Å². The van der Waals surface area contributed by atoms with Crippen LogP contribution < -0.4 is 0 Å². The fourth-order valence-corrected chi connectivity index (χ4v) is 1.19. The normalized spacial score (nSPS) is 10.8. The summed E-state index contributed by atoms with van der Waals surface area (Å²) in [4.78, 5) is 0. The zero-order chi connectivity index (χ0) is 8.81. The molecule has 0 amide bonds. The van der Waals surface area contributed by atoms with Gasteiger partial charge < -0.3 is 0 Å². The smallest absolute Gasteiger partial charge is 0.0407 e. The Balaban J connectivity index is 2.79. The molecule has 0 saturated heterocycles. The Morgan fingerprint density at radius 2 is 2.25 bits per heavy atom. The third-order valence-corrected chi connectivity index (χ3v) is 1.94. The molecule has 0 unspecified atom stereocenters. The van der Waals surface area contributed by atoms with E-state index in [1.165, 1.54) is 11.1 Å². The number of hydrogen-bond acceptors (Lipinski definition) is 0. The Morgan fingerprint density at radius 1 is 1.42 bits per heavy atom. The molecule has 0 atom stereocenters. The number of alkyl halides is 1. The van der Waals surface area contributed by atoms with Crippen LogP contribution in [0.3, 0.4) is 0 Å². The SMILES string of the molecule is CCc1cccc(C=CCCl)c1. The molecule has 0 nitrogen and oxygen atoms in total. The monoisotopic (exact) mass is 180 g/mol. The van der Waals surface area contributed by atoms with Crippen LogP contribution in [0.5, 0.6) is 0 Å². The highest BCUT2D eigenvalue weighted by Crippen LogP contribution is 2.07. The maximum atomic E-state index is 5.54. The van der Waals surface area contributed by atoms with E-state index in [9.17, 15) is 0 Å². The topological polar surface area (TPSA) is 0 Å². The predicted molar refractivity (Wildman–Crippen MR) is 55.6 cm³/mol. The Kier molecular flexibility index (Phi) is 3.89. The zero-order valence-corrected chi connectivity index (χ0v) is 8.01. The van der Waals surface area contributed by atoms with Crippen LogP contribution in [0, 0.1) is 0 Å². The number of rotatable bonds is 3. The van der Waals surface area contributed by atoms with Crippen molar-refractivity contribution in [2.24, 2.45) is 0 Å². The van der Waals surface area contributed by atoms with E-state index < -0.39 is 0 Å². The minimum Gasteiger partial charge on any atom is -0.122 e. The van der Waals surface area contributed by atoms with Crippen molar-refractivity contribution in [1.82, 2.24) is 0 Å². The lowest BCUT2D eigenvalue weighted by molar-refractivity contribution is 1.14. The third kappa shape index (κ3) is 2.71. The van der Waals surface area contributed by atoms with E-state index in [1.807, 2.05) is 12.2 Å². The number of hydrogen-bond donors (Lipinski definition) is 0. The average molecular weight is 181 g/mol. The molecule has 0 heterocycles. The lowest BCUT2D eigenvalue weighted by Gasteiger charge is -1.97. The first kappa shape index (κ1) is 9.34. The van der Waals surface area contributed by atoms with E-state index in [0.717, 1.165) is 6.42 Å². The van der Waals surface area contributed by atoms with Crippen LogP contribution in [-0.2, 0) is 6.42 Å². The molecule has 0 aliphatic heterocycles. The molecule has 1 aromatic carbocycles. The summed E-state index contributed by atoms with van der Waals surface area (Å²) in [7, 11) is 0. The largest absolute Gasteiger partial charge is 0.122 e. The molecule has 0 fully saturated rings. The molecule has 0 N–H and O–H groups in total. The van der Waals surface area contributed by atoms with Crippen LogP contribution >= 0.6 is 11.6 Å². The quantitative estimate of drug-likeness (QED) is 0.625. The highest BCUT2D eigenvalue weighted by atomic mass is 35.5. The van der Waals surface area contributed by atoms with Gasteiger partial charge in [0.25, 0.3) is 0 Å². The number of aryl methyl sites for hydroxylation is 1. The molecular weight excluding hydrogens is 168 g/mol. The Hall–Kier alpha value is -0.750. The number of benzene rings is 1.